The minimum Gasteiger partial charge on any atom is -0.456 e. The van der Waals surface area contributed by atoms with Crippen LogP contribution in [0.15, 0.2) is 342 Å². The van der Waals surface area contributed by atoms with Gasteiger partial charge in [0.25, 0.3) is 0 Å². The van der Waals surface area contributed by atoms with Crippen molar-refractivity contribution in [1.29, 1.82) is 0 Å². The molecule has 6 heterocycles. The predicted octanol–water partition coefficient (Wildman–Crippen LogP) is 29.1. The third-order valence-electron chi connectivity index (χ3n) is 27.7. The lowest BCUT2D eigenvalue weighted by Crippen LogP contribution is -2.30. The first-order chi connectivity index (χ1) is 56.4. The molecule has 0 N–H and O–H groups in total. The molecule has 2 spiro atoms. The first-order valence-corrected chi connectivity index (χ1v) is 41.0. The van der Waals surface area contributed by atoms with Crippen molar-refractivity contribution in [3.63, 3.8) is 0 Å². The topological polar surface area (TPSA) is 46.0 Å². The monoisotopic (exact) mass is 1460 g/mol. The summed E-state index contributed by atoms with van der Waals surface area (Å²) >= 11 is 0. The number of para-hydroxylation sites is 5. The van der Waals surface area contributed by atoms with Gasteiger partial charge in [-0.3, -0.25) is 0 Å². The van der Waals surface area contributed by atoms with Crippen molar-refractivity contribution in [2.75, 3.05) is 0 Å². The van der Waals surface area contributed by atoms with E-state index < -0.39 is 0 Å². The molecule has 6 heteroatoms. The van der Waals surface area contributed by atoms with Crippen LogP contribution >= 0.6 is 0 Å². The molecular weight excluding hydrogens is 1390 g/mol. The highest BCUT2D eigenvalue weighted by Crippen LogP contribution is 2.61. The van der Waals surface area contributed by atoms with Gasteiger partial charge in [0, 0.05) is 104 Å². The maximum atomic E-state index is 6.65. The Morgan fingerprint density at radius 1 is 0.219 bits per heavy atom. The molecule has 16 aromatic carbocycles. The summed E-state index contributed by atoms with van der Waals surface area (Å²) in [4.78, 5) is 0. The van der Waals surface area contributed by atoms with E-state index in [1.54, 1.807) is 0 Å². The molecule has 114 heavy (non-hydrogen) atoms. The molecule has 0 atom stereocenters. The molecule has 4 aliphatic rings. The van der Waals surface area contributed by atoms with Gasteiger partial charge in [-0.1, -0.05) is 201 Å². The number of furan rings is 2. The van der Waals surface area contributed by atoms with Crippen LogP contribution < -0.4 is 0 Å². The van der Waals surface area contributed by atoms with E-state index in [1.807, 2.05) is 6.07 Å². The summed E-state index contributed by atoms with van der Waals surface area (Å²) in [6.45, 7) is 0. The SMILES string of the molecule is c1ccc(-n2c3cc(-c4ccc5c(c4)c4cc(C6CCC7(CC6)c6ccccc6-c6cc8c(cc67)c6ccc(-c7ccc9c(c7)c7ccccc7n9-c7ccc9oc%10ccccc%10c9c7)cc6n8-c6ccccc6)ccc4n5-c4ccc5c(c4)oc4ccccc45)ccc3c3cc4c(cc32)-c2ccccc2C42CCCCC2)cc1. The van der Waals surface area contributed by atoms with E-state index in [2.05, 4.69) is 346 Å². The second-order valence-electron chi connectivity index (χ2n) is 33.2. The van der Waals surface area contributed by atoms with Crippen LogP contribution in [0.5, 0.6) is 0 Å². The zero-order valence-corrected chi connectivity index (χ0v) is 62.8. The number of fused-ring (bicyclic) bond motifs is 28. The molecule has 22 aromatic rings. The molecule has 0 bridgehead atoms. The summed E-state index contributed by atoms with van der Waals surface area (Å²) in [5.41, 5.74) is 35.5. The number of hydrogen-bond donors (Lipinski definition) is 0. The van der Waals surface area contributed by atoms with Crippen LogP contribution in [-0.4, -0.2) is 18.3 Å². The van der Waals surface area contributed by atoms with Crippen LogP contribution in [0.3, 0.4) is 0 Å². The highest BCUT2D eigenvalue weighted by atomic mass is 16.3. The van der Waals surface area contributed by atoms with E-state index in [4.69, 9.17) is 8.83 Å². The maximum Gasteiger partial charge on any atom is 0.137 e. The molecule has 0 radical (unpaired) electrons. The normalized spacial score (nSPS) is 16.5. The van der Waals surface area contributed by atoms with Gasteiger partial charge in [0.15, 0.2) is 0 Å². The molecule has 6 nitrogen and oxygen atoms in total. The molecule has 6 aromatic heterocycles. The minimum absolute atomic E-state index is 0.0661. The van der Waals surface area contributed by atoms with Crippen molar-refractivity contribution < 1.29 is 8.83 Å². The first kappa shape index (κ1) is 63.0. The first-order valence-electron chi connectivity index (χ1n) is 41.0. The smallest absolute Gasteiger partial charge is 0.137 e. The van der Waals surface area contributed by atoms with Gasteiger partial charge in [-0.15, -0.1) is 0 Å². The van der Waals surface area contributed by atoms with Crippen molar-refractivity contribution in [2.45, 2.75) is 74.5 Å². The summed E-state index contributed by atoms with van der Waals surface area (Å²) in [7, 11) is 0. The van der Waals surface area contributed by atoms with Crippen molar-refractivity contribution in [2.24, 2.45) is 0 Å². The van der Waals surface area contributed by atoms with Crippen LogP contribution in [0.1, 0.15) is 91.5 Å². The van der Waals surface area contributed by atoms with E-state index in [1.165, 1.54) is 197 Å². The third-order valence-corrected chi connectivity index (χ3v) is 27.7. The van der Waals surface area contributed by atoms with Crippen LogP contribution in [0.2, 0.25) is 0 Å². The van der Waals surface area contributed by atoms with Crippen LogP contribution in [0.4, 0.5) is 0 Å². The van der Waals surface area contributed by atoms with E-state index in [0.29, 0.717) is 5.92 Å². The average Bonchev–Trinajstić information content (AvgIpc) is 1.54. The van der Waals surface area contributed by atoms with E-state index in [9.17, 15) is 0 Å². The summed E-state index contributed by atoms with van der Waals surface area (Å²) in [6.07, 6.45) is 10.5. The van der Waals surface area contributed by atoms with E-state index in [0.717, 1.165) is 86.6 Å². The Morgan fingerprint density at radius 2 is 0.623 bits per heavy atom. The average molecular weight is 1460 g/mol. The Balaban J connectivity index is 0.585. The quantitative estimate of drug-likeness (QED) is 0.160. The van der Waals surface area contributed by atoms with Gasteiger partial charge in [0.1, 0.15) is 22.3 Å². The Bertz CT molecular complexity index is 7910. The lowest BCUT2D eigenvalue weighted by molar-refractivity contribution is 0.321. The Kier molecular flexibility index (Phi) is 13.0. The fourth-order valence-electron chi connectivity index (χ4n) is 22.6. The van der Waals surface area contributed by atoms with Crippen molar-refractivity contribution in [3.8, 4) is 67.3 Å². The predicted molar refractivity (Wildman–Crippen MR) is 472 cm³/mol. The van der Waals surface area contributed by atoms with Crippen LogP contribution in [-0.2, 0) is 10.8 Å². The van der Waals surface area contributed by atoms with Gasteiger partial charge in [0.05, 0.1) is 44.1 Å². The molecule has 26 rings (SSSR count). The molecule has 4 aliphatic carbocycles. The molecular formula is C108H74N4O2. The zero-order valence-electron chi connectivity index (χ0n) is 62.8. The minimum atomic E-state index is -0.134. The van der Waals surface area contributed by atoms with Gasteiger partial charge in [-0.25, -0.2) is 0 Å². The van der Waals surface area contributed by atoms with Gasteiger partial charge in [0.2, 0.25) is 0 Å². The van der Waals surface area contributed by atoms with Crippen molar-refractivity contribution in [3.05, 3.63) is 361 Å². The highest BCUT2D eigenvalue weighted by Gasteiger charge is 2.47. The number of nitrogens with zero attached hydrogens (tertiary/aromatic N) is 4. The molecule has 2 saturated carbocycles. The molecule has 2 fully saturated rings. The summed E-state index contributed by atoms with van der Waals surface area (Å²) in [6, 6.07) is 127. The molecule has 538 valence electrons. The Morgan fingerprint density at radius 3 is 1.24 bits per heavy atom. The second-order valence-corrected chi connectivity index (χ2v) is 33.2. The standard InChI is InChI=1S/C108H74N4O2/c1-4-20-71(21-5-1)109-100-58-70(35-42-78(100)88-61-93-83(63-101(88)109)75-24-8-13-29-91(75)107(93)50-18-3-19-51-107)68-38-46-98-87(56-68)86-54-66(36-44-97(86)112(98)74-39-43-82-80-27-11-16-32-103(80)114-106(82)60-74)65-48-52-108(53-49-65)92-30-14-9-25-76(92)84-64-102-89(62-94(84)108)79-41-34-69(57-99(79)110(102)72-22-6-2-7-23-72)67-37-45-96-85(55-67)77-26-10-15-31-95(77)111(96)73-40-47-105-90(59-73)81-28-12-17-33-104(81)113-105/h1-2,4-17,20-47,54-65H,3,18-19,48-53H2. The summed E-state index contributed by atoms with van der Waals surface area (Å²) in [5, 5.41) is 14.7. The summed E-state index contributed by atoms with van der Waals surface area (Å²) in [5.74, 6) is 0.375. The van der Waals surface area contributed by atoms with Crippen molar-refractivity contribution in [1.82, 2.24) is 18.3 Å². The van der Waals surface area contributed by atoms with Crippen molar-refractivity contribution >= 4 is 131 Å². The number of aromatic nitrogens is 4. The van der Waals surface area contributed by atoms with E-state index in [-0.39, 0.29) is 10.8 Å². The zero-order chi connectivity index (χ0) is 74.2. The second kappa shape index (κ2) is 23.5. The number of benzene rings is 16. The lowest BCUT2D eigenvalue weighted by atomic mass is 9.64. The Hall–Kier alpha value is -13.7. The Labute approximate surface area is 657 Å². The molecule has 0 unspecified atom stereocenters. The highest BCUT2D eigenvalue weighted by molar-refractivity contribution is 6.17. The van der Waals surface area contributed by atoms with Gasteiger partial charge in [-0.05, 0) is 262 Å². The molecule has 0 aliphatic heterocycles. The van der Waals surface area contributed by atoms with Crippen LogP contribution in [0, 0.1) is 0 Å². The van der Waals surface area contributed by atoms with E-state index >= 15 is 0 Å². The van der Waals surface area contributed by atoms with Gasteiger partial charge in [-0.2, -0.15) is 0 Å². The van der Waals surface area contributed by atoms with Gasteiger partial charge < -0.3 is 27.1 Å². The van der Waals surface area contributed by atoms with Crippen LogP contribution in [0.25, 0.3) is 198 Å². The largest absolute Gasteiger partial charge is 0.456 e. The lowest BCUT2D eigenvalue weighted by Gasteiger charge is -2.39. The third kappa shape index (κ3) is 8.74. The number of rotatable bonds is 7. The summed E-state index contributed by atoms with van der Waals surface area (Å²) < 4.78 is 22.9. The maximum absolute atomic E-state index is 6.65. The fraction of sp³-hybridized carbons (Fsp3) is 0.111. The molecule has 0 saturated heterocycles. The van der Waals surface area contributed by atoms with Gasteiger partial charge >= 0.3 is 0 Å². The molecule has 0 amide bonds. The fourth-order valence-corrected chi connectivity index (χ4v) is 22.6. The number of hydrogen-bond acceptors (Lipinski definition) is 2.